The normalized spacial score (nSPS) is 17.9. The molecule has 0 aromatic heterocycles. The van der Waals surface area contributed by atoms with Crippen molar-refractivity contribution in [2.24, 2.45) is 5.73 Å². The van der Waals surface area contributed by atoms with Crippen molar-refractivity contribution >= 4 is 15.9 Å². The average molecular weight is 246 g/mol. The van der Waals surface area contributed by atoms with Gasteiger partial charge in [-0.3, -0.25) is 0 Å². The molecule has 0 aliphatic heterocycles. The number of halogens is 2. The molecule has 0 bridgehead atoms. The number of alkyl halides is 1. The first-order valence-electron chi connectivity index (χ1n) is 4.15. The molecule has 0 heterocycles. The molecule has 0 saturated carbocycles. The second-order valence-corrected chi connectivity index (χ2v) is 4.29. The maximum Gasteiger partial charge on any atom is 0.147 e. The molecule has 72 valence electrons. The van der Waals surface area contributed by atoms with E-state index in [0.717, 1.165) is 4.47 Å². The molecule has 0 aliphatic rings. The zero-order valence-electron chi connectivity index (χ0n) is 7.72. The van der Waals surface area contributed by atoms with E-state index in [0.29, 0.717) is 5.56 Å². The number of rotatable bonds is 2. The van der Waals surface area contributed by atoms with Crippen molar-refractivity contribution in [2.45, 2.75) is 25.6 Å². The molecule has 0 spiro atoms. The fraction of sp³-hybridized carbons (Fsp3) is 0.400. The van der Waals surface area contributed by atoms with Crippen molar-refractivity contribution in [1.82, 2.24) is 0 Å². The van der Waals surface area contributed by atoms with Gasteiger partial charge in [-0.05, 0) is 31.5 Å². The summed E-state index contributed by atoms with van der Waals surface area (Å²) in [5, 5.41) is 0. The number of hydrogen-bond donors (Lipinski definition) is 1. The second kappa shape index (κ2) is 3.76. The average Bonchev–Trinajstić information content (AvgIpc) is 2.04. The highest BCUT2D eigenvalue weighted by molar-refractivity contribution is 9.10. The van der Waals surface area contributed by atoms with E-state index in [9.17, 15) is 4.39 Å². The lowest BCUT2D eigenvalue weighted by atomic mass is 9.92. The summed E-state index contributed by atoms with van der Waals surface area (Å²) in [5.41, 5.74) is 4.70. The van der Waals surface area contributed by atoms with Gasteiger partial charge in [-0.2, -0.15) is 0 Å². The van der Waals surface area contributed by atoms with E-state index in [4.69, 9.17) is 5.73 Å². The largest absolute Gasteiger partial charge is 0.325 e. The smallest absolute Gasteiger partial charge is 0.147 e. The Morgan fingerprint density at radius 2 is 2.15 bits per heavy atom. The number of nitrogens with two attached hydrogens (primary N) is 1. The lowest BCUT2D eigenvalue weighted by Gasteiger charge is -2.25. The molecule has 0 amide bonds. The molecule has 0 saturated heterocycles. The molecule has 1 aromatic rings. The van der Waals surface area contributed by atoms with E-state index in [2.05, 4.69) is 15.9 Å². The first kappa shape index (κ1) is 10.7. The zero-order chi connectivity index (χ0) is 10.1. The van der Waals surface area contributed by atoms with Gasteiger partial charge in [-0.15, -0.1) is 0 Å². The van der Waals surface area contributed by atoms with Gasteiger partial charge in [0.1, 0.15) is 5.67 Å². The highest BCUT2D eigenvalue weighted by Gasteiger charge is 2.30. The predicted molar refractivity (Wildman–Crippen MR) is 56.3 cm³/mol. The van der Waals surface area contributed by atoms with Crippen molar-refractivity contribution in [3.8, 4) is 0 Å². The highest BCUT2D eigenvalue weighted by atomic mass is 79.9. The Hall–Kier alpha value is -0.410. The predicted octanol–water partition coefficient (Wildman–Crippen LogP) is 2.98. The third-order valence-corrected chi connectivity index (χ3v) is 2.74. The molecule has 2 N–H and O–H groups in total. The van der Waals surface area contributed by atoms with E-state index in [1.807, 2.05) is 6.07 Å². The van der Waals surface area contributed by atoms with E-state index < -0.39 is 11.7 Å². The monoisotopic (exact) mass is 245 g/mol. The standard InChI is InChI=1S/C10H13BrFN/c1-7(13)10(2,12)8-4-3-5-9(11)6-8/h3-7H,13H2,1-2H3. The van der Waals surface area contributed by atoms with Gasteiger partial charge in [0.05, 0.1) is 0 Å². The molecule has 2 atom stereocenters. The molecule has 1 nitrogen and oxygen atoms in total. The summed E-state index contributed by atoms with van der Waals surface area (Å²) < 4.78 is 14.8. The molecule has 2 unspecified atom stereocenters. The van der Waals surface area contributed by atoms with Crippen LogP contribution in [0.5, 0.6) is 0 Å². The Kier molecular flexibility index (Phi) is 3.09. The third-order valence-electron chi connectivity index (χ3n) is 2.24. The van der Waals surface area contributed by atoms with Crippen molar-refractivity contribution in [2.75, 3.05) is 0 Å². The molecule has 1 rings (SSSR count). The van der Waals surface area contributed by atoms with Crippen LogP contribution < -0.4 is 5.73 Å². The van der Waals surface area contributed by atoms with Crippen LogP contribution in [-0.2, 0) is 5.67 Å². The van der Waals surface area contributed by atoms with Gasteiger partial charge < -0.3 is 5.73 Å². The summed E-state index contributed by atoms with van der Waals surface area (Å²) in [6.45, 7) is 3.17. The summed E-state index contributed by atoms with van der Waals surface area (Å²) in [7, 11) is 0. The zero-order valence-corrected chi connectivity index (χ0v) is 9.31. The first-order valence-corrected chi connectivity index (χ1v) is 4.94. The summed E-state index contributed by atoms with van der Waals surface area (Å²) in [6.07, 6.45) is 0. The van der Waals surface area contributed by atoms with E-state index in [-0.39, 0.29) is 0 Å². The Balaban J connectivity index is 3.07. The van der Waals surface area contributed by atoms with Gasteiger partial charge in [0.15, 0.2) is 0 Å². The van der Waals surface area contributed by atoms with Gasteiger partial charge in [0, 0.05) is 10.5 Å². The molecule has 0 fully saturated rings. The Labute approximate surface area is 86.3 Å². The molecule has 0 radical (unpaired) electrons. The van der Waals surface area contributed by atoms with Gasteiger partial charge in [-0.1, -0.05) is 28.1 Å². The van der Waals surface area contributed by atoms with Gasteiger partial charge in [0.25, 0.3) is 0 Å². The lowest BCUT2D eigenvalue weighted by Crippen LogP contribution is -2.36. The topological polar surface area (TPSA) is 26.0 Å². The molecule has 13 heavy (non-hydrogen) atoms. The van der Waals surface area contributed by atoms with Crippen LogP contribution in [0, 0.1) is 0 Å². The molecule has 3 heteroatoms. The van der Waals surface area contributed by atoms with Crippen LogP contribution in [0.2, 0.25) is 0 Å². The van der Waals surface area contributed by atoms with Gasteiger partial charge in [-0.25, -0.2) is 4.39 Å². The van der Waals surface area contributed by atoms with E-state index in [1.165, 1.54) is 6.92 Å². The van der Waals surface area contributed by atoms with Crippen LogP contribution in [0.25, 0.3) is 0 Å². The Bertz CT molecular complexity index is 297. The first-order chi connectivity index (χ1) is 5.94. The molecule has 1 aromatic carbocycles. The molecule has 0 aliphatic carbocycles. The Morgan fingerprint density at radius 1 is 1.54 bits per heavy atom. The summed E-state index contributed by atoms with van der Waals surface area (Å²) in [5.74, 6) is 0. The number of benzene rings is 1. The second-order valence-electron chi connectivity index (χ2n) is 3.37. The molecular formula is C10H13BrFN. The van der Waals surface area contributed by atoms with Crippen LogP contribution in [-0.4, -0.2) is 6.04 Å². The third kappa shape index (κ3) is 2.29. The van der Waals surface area contributed by atoms with Crippen LogP contribution in [0.4, 0.5) is 4.39 Å². The Morgan fingerprint density at radius 3 is 2.62 bits per heavy atom. The molecular weight excluding hydrogens is 233 g/mol. The van der Waals surface area contributed by atoms with Crippen LogP contribution in [0.15, 0.2) is 28.7 Å². The fourth-order valence-corrected chi connectivity index (χ4v) is 1.45. The van der Waals surface area contributed by atoms with Crippen LogP contribution >= 0.6 is 15.9 Å². The van der Waals surface area contributed by atoms with Crippen LogP contribution in [0.1, 0.15) is 19.4 Å². The van der Waals surface area contributed by atoms with Gasteiger partial charge in [0.2, 0.25) is 0 Å². The maximum absolute atomic E-state index is 14.0. The van der Waals surface area contributed by atoms with Crippen LogP contribution in [0.3, 0.4) is 0 Å². The van der Waals surface area contributed by atoms with Crippen molar-refractivity contribution < 1.29 is 4.39 Å². The fourth-order valence-electron chi connectivity index (χ4n) is 1.06. The van der Waals surface area contributed by atoms with E-state index in [1.54, 1.807) is 25.1 Å². The lowest BCUT2D eigenvalue weighted by molar-refractivity contribution is 0.158. The summed E-state index contributed by atoms with van der Waals surface area (Å²) in [6, 6.07) is 6.65. The summed E-state index contributed by atoms with van der Waals surface area (Å²) in [4.78, 5) is 0. The minimum atomic E-state index is -1.47. The minimum absolute atomic E-state index is 0.512. The van der Waals surface area contributed by atoms with Crippen molar-refractivity contribution in [3.63, 3.8) is 0 Å². The maximum atomic E-state index is 14.0. The van der Waals surface area contributed by atoms with Crippen molar-refractivity contribution in [3.05, 3.63) is 34.3 Å². The van der Waals surface area contributed by atoms with Gasteiger partial charge >= 0.3 is 0 Å². The van der Waals surface area contributed by atoms with E-state index >= 15 is 0 Å². The highest BCUT2D eigenvalue weighted by Crippen LogP contribution is 2.29. The SMILES string of the molecule is CC(N)C(C)(F)c1cccc(Br)c1. The summed E-state index contributed by atoms with van der Waals surface area (Å²) >= 11 is 3.30. The number of hydrogen-bond acceptors (Lipinski definition) is 1. The quantitative estimate of drug-likeness (QED) is 0.852. The minimum Gasteiger partial charge on any atom is -0.325 e. The van der Waals surface area contributed by atoms with Crippen molar-refractivity contribution in [1.29, 1.82) is 0 Å².